The van der Waals surface area contributed by atoms with Gasteiger partial charge in [-0.15, -0.1) is 10.2 Å². The van der Waals surface area contributed by atoms with Crippen LogP contribution in [0, 0.1) is 0 Å². The topological polar surface area (TPSA) is 70.4 Å². The van der Waals surface area contributed by atoms with E-state index < -0.39 is 0 Å². The molecular weight excluding hydrogens is 350 g/mol. The Morgan fingerprint density at radius 2 is 1.79 bits per heavy atom. The van der Waals surface area contributed by atoms with Crippen molar-refractivity contribution >= 4 is 5.96 Å². The lowest BCUT2D eigenvalue weighted by Crippen LogP contribution is -2.37. The lowest BCUT2D eigenvalue weighted by Gasteiger charge is -2.14. The number of hydrogen-bond donors (Lipinski definition) is 2. The number of aryl methyl sites for hydroxylation is 1. The van der Waals surface area contributed by atoms with E-state index in [0.717, 1.165) is 43.7 Å². The summed E-state index contributed by atoms with van der Waals surface area (Å²) in [5.41, 5.74) is 2.62. The van der Waals surface area contributed by atoms with Gasteiger partial charge in [-0.25, -0.2) is 4.99 Å². The van der Waals surface area contributed by atoms with Crippen molar-refractivity contribution in [3.8, 4) is 0 Å². The van der Waals surface area contributed by atoms with Crippen LogP contribution in [0.25, 0.3) is 0 Å². The summed E-state index contributed by atoms with van der Waals surface area (Å²) in [5.74, 6) is 2.91. The van der Waals surface area contributed by atoms with E-state index in [1.54, 1.807) is 0 Å². The van der Waals surface area contributed by atoms with Gasteiger partial charge in [-0.2, -0.15) is 0 Å². The van der Waals surface area contributed by atoms with Gasteiger partial charge in [-0.3, -0.25) is 4.90 Å². The summed E-state index contributed by atoms with van der Waals surface area (Å²) < 4.78 is 2.22. The molecule has 1 saturated heterocycles. The standard InChI is InChI=1S/C21H31N7/c1-2-22-21(24-15-20-26-25-19-6-5-13-28(19)20)23-14-17-7-9-18(10-8-17)16-27-11-3-4-12-27/h7-10H,2-6,11-16H2,1H3,(H2,22,23,24). The first-order valence-corrected chi connectivity index (χ1v) is 10.5. The van der Waals surface area contributed by atoms with Crippen LogP contribution in [-0.4, -0.2) is 45.3 Å². The van der Waals surface area contributed by atoms with Crippen molar-refractivity contribution in [2.24, 2.45) is 4.99 Å². The predicted molar refractivity (Wildman–Crippen MR) is 111 cm³/mol. The number of fused-ring (bicyclic) bond motifs is 1. The second kappa shape index (κ2) is 9.19. The molecule has 2 aliphatic rings. The van der Waals surface area contributed by atoms with Crippen molar-refractivity contribution in [2.75, 3.05) is 19.6 Å². The molecule has 3 heterocycles. The maximum atomic E-state index is 4.74. The minimum absolute atomic E-state index is 0.646. The van der Waals surface area contributed by atoms with Gasteiger partial charge in [0.05, 0.1) is 13.1 Å². The van der Waals surface area contributed by atoms with Crippen molar-refractivity contribution < 1.29 is 0 Å². The Kier molecular flexibility index (Phi) is 6.21. The second-order valence-electron chi connectivity index (χ2n) is 7.64. The highest BCUT2D eigenvalue weighted by molar-refractivity contribution is 5.79. The number of guanidine groups is 1. The highest BCUT2D eigenvalue weighted by Gasteiger charge is 2.17. The average molecular weight is 382 g/mol. The molecule has 0 aliphatic carbocycles. The number of likely N-dealkylation sites (tertiary alicyclic amines) is 1. The van der Waals surface area contributed by atoms with Crippen LogP contribution in [0.2, 0.25) is 0 Å². The van der Waals surface area contributed by atoms with Crippen LogP contribution < -0.4 is 10.6 Å². The maximum absolute atomic E-state index is 4.74. The van der Waals surface area contributed by atoms with Gasteiger partial charge in [-0.05, 0) is 50.4 Å². The highest BCUT2D eigenvalue weighted by atomic mass is 15.3. The first kappa shape index (κ1) is 18.9. The van der Waals surface area contributed by atoms with E-state index in [-0.39, 0.29) is 0 Å². The summed E-state index contributed by atoms with van der Waals surface area (Å²) in [7, 11) is 0. The highest BCUT2D eigenvalue weighted by Crippen LogP contribution is 2.14. The molecule has 1 aromatic carbocycles. The van der Waals surface area contributed by atoms with E-state index in [0.29, 0.717) is 13.1 Å². The van der Waals surface area contributed by atoms with Crippen LogP contribution in [0.4, 0.5) is 0 Å². The van der Waals surface area contributed by atoms with Crippen LogP contribution in [0.5, 0.6) is 0 Å². The second-order valence-corrected chi connectivity index (χ2v) is 7.64. The van der Waals surface area contributed by atoms with E-state index in [4.69, 9.17) is 4.99 Å². The van der Waals surface area contributed by atoms with Gasteiger partial charge < -0.3 is 15.2 Å². The SMILES string of the molecule is CCNC(=NCc1ccc(CN2CCCC2)cc1)NCc1nnc2n1CCC2. The summed E-state index contributed by atoms with van der Waals surface area (Å²) in [6.07, 6.45) is 4.88. The molecule has 28 heavy (non-hydrogen) atoms. The predicted octanol–water partition coefficient (Wildman–Crippen LogP) is 2.08. The molecule has 1 aromatic heterocycles. The first-order valence-electron chi connectivity index (χ1n) is 10.5. The summed E-state index contributed by atoms with van der Waals surface area (Å²) >= 11 is 0. The zero-order chi connectivity index (χ0) is 19.2. The number of rotatable bonds is 7. The van der Waals surface area contributed by atoms with Crippen molar-refractivity contribution in [3.63, 3.8) is 0 Å². The molecular formula is C21H31N7. The number of aromatic nitrogens is 3. The van der Waals surface area contributed by atoms with E-state index in [1.165, 1.54) is 43.5 Å². The normalized spacial score (nSPS) is 17.1. The van der Waals surface area contributed by atoms with E-state index in [1.807, 2.05) is 0 Å². The van der Waals surface area contributed by atoms with Crippen molar-refractivity contribution in [1.82, 2.24) is 30.3 Å². The summed E-state index contributed by atoms with van der Waals surface area (Å²) in [6.45, 7) is 8.79. The number of hydrogen-bond acceptors (Lipinski definition) is 4. The zero-order valence-electron chi connectivity index (χ0n) is 16.8. The van der Waals surface area contributed by atoms with Gasteiger partial charge in [-0.1, -0.05) is 24.3 Å². The fourth-order valence-electron chi connectivity index (χ4n) is 3.97. The molecule has 0 amide bonds. The lowest BCUT2D eigenvalue weighted by molar-refractivity contribution is 0.331. The molecule has 0 unspecified atom stereocenters. The number of benzene rings is 1. The third-order valence-corrected chi connectivity index (χ3v) is 5.49. The van der Waals surface area contributed by atoms with Crippen molar-refractivity contribution in [2.45, 2.75) is 58.8 Å². The summed E-state index contributed by atoms with van der Waals surface area (Å²) in [6, 6.07) is 8.87. The number of nitrogens with zero attached hydrogens (tertiary/aromatic N) is 5. The molecule has 2 aliphatic heterocycles. The molecule has 1 fully saturated rings. The smallest absolute Gasteiger partial charge is 0.191 e. The molecule has 150 valence electrons. The molecule has 7 heteroatoms. The molecule has 7 nitrogen and oxygen atoms in total. The molecule has 0 atom stereocenters. The summed E-state index contributed by atoms with van der Waals surface area (Å²) in [4.78, 5) is 7.27. The fourth-order valence-corrected chi connectivity index (χ4v) is 3.97. The van der Waals surface area contributed by atoms with Crippen LogP contribution in [0.3, 0.4) is 0 Å². The molecule has 4 rings (SSSR count). The van der Waals surface area contributed by atoms with Gasteiger partial charge >= 0.3 is 0 Å². The van der Waals surface area contributed by atoms with E-state index in [2.05, 4.69) is 61.5 Å². The molecule has 2 N–H and O–H groups in total. The van der Waals surface area contributed by atoms with Gasteiger partial charge in [0.2, 0.25) is 0 Å². The number of aliphatic imine (C=N–C) groups is 1. The van der Waals surface area contributed by atoms with Gasteiger partial charge in [0.1, 0.15) is 5.82 Å². The quantitative estimate of drug-likeness (QED) is 0.568. The fraction of sp³-hybridized carbons (Fsp3) is 0.571. The summed E-state index contributed by atoms with van der Waals surface area (Å²) in [5, 5.41) is 15.3. The van der Waals surface area contributed by atoms with Gasteiger partial charge in [0, 0.05) is 26.1 Å². The third kappa shape index (κ3) is 4.70. The Morgan fingerprint density at radius 3 is 2.57 bits per heavy atom. The maximum Gasteiger partial charge on any atom is 0.191 e. The minimum atomic E-state index is 0.646. The zero-order valence-corrected chi connectivity index (χ0v) is 16.8. The Labute approximate surface area is 167 Å². The minimum Gasteiger partial charge on any atom is -0.357 e. The van der Waals surface area contributed by atoms with Gasteiger partial charge in [0.25, 0.3) is 0 Å². The largest absolute Gasteiger partial charge is 0.357 e. The molecule has 2 aromatic rings. The first-order chi connectivity index (χ1) is 13.8. The van der Waals surface area contributed by atoms with Crippen molar-refractivity contribution in [3.05, 3.63) is 47.0 Å². The third-order valence-electron chi connectivity index (χ3n) is 5.49. The average Bonchev–Trinajstić information content (AvgIpc) is 3.44. The molecule has 0 saturated carbocycles. The monoisotopic (exact) mass is 381 g/mol. The molecule has 0 bridgehead atoms. The Balaban J connectivity index is 1.32. The van der Waals surface area contributed by atoms with Crippen LogP contribution in [-0.2, 0) is 32.6 Å². The molecule has 0 radical (unpaired) electrons. The van der Waals surface area contributed by atoms with Crippen LogP contribution in [0.15, 0.2) is 29.3 Å². The van der Waals surface area contributed by atoms with Crippen molar-refractivity contribution in [1.29, 1.82) is 0 Å². The van der Waals surface area contributed by atoms with E-state index >= 15 is 0 Å². The Hall–Kier alpha value is -2.41. The number of nitrogens with one attached hydrogen (secondary N) is 2. The van der Waals surface area contributed by atoms with Crippen LogP contribution in [0.1, 0.15) is 49.0 Å². The molecule has 0 spiro atoms. The lowest BCUT2D eigenvalue weighted by atomic mass is 10.1. The Morgan fingerprint density at radius 1 is 1.00 bits per heavy atom. The van der Waals surface area contributed by atoms with E-state index in [9.17, 15) is 0 Å². The van der Waals surface area contributed by atoms with Crippen LogP contribution >= 0.6 is 0 Å². The Bertz CT molecular complexity index is 788. The van der Waals surface area contributed by atoms with Gasteiger partial charge in [0.15, 0.2) is 11.8 Å².